The fourth-order valence-electron chi connectivity index (χ4n) is 4.62. The van der Waals surface area contributed by atoms with Gasteiger partial charge in [0.15, 0.2) is 23.0 Å². The lowest BCUT2D eigenvalue weighted by molar-refractivity contribution is -0.129. The van der Waals surface area contributed by atoms with Crippen molar-refractivity contribution in [3.8, 4) is 23.0 Å². The van der Waals surface area contributed by atoms with E-state index in [2.05, 4.69) is 0 Å². The number of amides is 1. The van der Waals surface area contributed by atoms with E-state index in [1.807, 2.05) is 42.5 Å². The number of nitrogens with zero attached hydrogens (tertiary/aromatic N) is 1. The van der Waals surface area contributed by atoms with Crippen LogP contribution in [0.5, 0.6) is 23.0 Å². The molecule has 8 nitrogen and oxygen atoms in total. The average molecular weight is 530 g/mol. The number of ether oxygens (including phenoxy) is 4. The smallest absolute Gasteiger partial charge is 0.290 e. The van der Waals surface area contributed by atoms with E-state index in [1.54, 1.807) is 44.6 Å². The largest absolute Gasteiger partial charge is 0.503 e. The van der Waals surface area contributed by atoms with Gasteiger partial charge >= 0.3 is 0 Å². The van der Waals surface area contributed by atoms with Gasteiger partial charge in [0.25, 0.3) is 5.91 Å². The molecule has 1 atom stereocenters. The molecule has 1 heterocycles. The van der Waals surface area contributed by atoms with Gasteiger partial charge in [-0.15, -0.1) is 0 Å². The molecule has 1 aliphatic heterocycles. The van der Waals surface area contributed by atoms with Crippen LogP contribution in [-0.2, 0) is 16.0 Å². The summed E-state index contributed by atoms with van der Waals surface area (Å²) in [5, 5.41) is 11.0. The molecule has 1 unspecified atom stereocenters. The molecule has 1 amide bonds. The fraction of sp³-hybridized carbons (Fsp3) is 0.226. The van der Waals surface area contributed by atoms with E-state index in [-0.39, 0.29) is 12.1 Å². The van der Waals surface area contributed by atoms with Gasteiger partial charge in [-0.2, -0.15) is 0 Å². The predicted octanol–water partition coefficient (Wildman–Crippen LogP) is 4.94. The first-order chi connectivity index (χ1) is 18.9. The van der Waals surface area contributed by atoms with Gasteiger partial charge in [-0.3, -0.25) is 9.59 Å². The van der Waals surface area contributed by atoms with Gasteiger partial charge in [-0.1, -0.05) is 42.5 Å². The summed E-state index contributed by atoms with van der Waals surface area (Å²) in [4.78, 5) is 28.3. The van der Waals surface area contributed by atoms with Crippen molar-refractivity contribution in [2.75, 3.05) is 35.0 Å². The molecule has 0 aliphatic carbocycles. The van der Waals surface area contributed by atoms with Gasteiger partial charge in [0.05, 0.1) is 40.1 Å². The molecule has 39 heavy (non-hydrogen) atoms. The Morgan fingerprint density at radius 2 is 1.59 bits per heavy atom. The van der Waals surface area contributed by atoms with Crippen LogP contribution in [0.15, 0.2) is 84.1 Å². The molecular weight excluding hydrogens is 498 g/mol. The van der Waals surface area contributed by atoms with E-state index in [1.165, 1.54) is 25.2 Å². The van der Waals surface area contributed by atoms with Crippen molar-refractivity contribution in [2.45, 2.75) is 12.5 Å². The minimum atomic E-state index is -0.869. The lowest BCUT2D eigenvalue weighted by Gasteiger charge is -2.28. The number of ketones is 1. The van der Waals surface area contributed by atoms with E-state index in [9.17, 15) is 14.7 Å². The average Bonchev–Trinajstić information content (AvgIpc) is 3.23. The fourth-order valence-corrected chi connectivity index (χ4v) is 4.62. The van der Waals surface area contributed by atoms with E-state index in [0.717, 1.165) is 11.1 Å². The van der Waals surface area contributed by atoms with Crippen molar-refractivity contribution in [3.05, 3.63) is 101 Å². The van der Waals surface area contributed by atoms with Crippen LogP contribution >= 0.6 is 0 Å². The molecule has 8 heteroatoms. The van der Waals surface area contributed by atoms with Crippen LogP contribution in [-0.4, -0.2) is 56.7 Å². The van der Waals surface area contributed by atoms with E-state index < -0.39 is 23.5 Å². The number of methoxy groups -OCH3 is 4. The van der Waals surface area contributed by atoms with Crippen LogP contribution in [0.2, 0.25) is 0 Å². The Morgan fingerprint density at radius 1 is 0.872 bits per heavy atom. The number of rotatable bonds is 11. The van der Waals surface area contributed by atoms with E-state index in [0.29, 0.717) is 35.0 Å². The number of carbonyl (C=O) groups is 2. The summed E-state index contributed by atoms with van der Waals surface area (Å²) in [6.45, 7) is 0.220. The summed E-state index contributed by atoms with van der Waals surface area (Å²) in [5.41, 5.74) is 2.26. The Labute approximate surface area is 227 Å². The molecule has 0 bridgehead atoms. The normalized spacial score (nSPS) is 15.1. The maximum absolute atomic E-state index is 13.5. The third-order valence-electron chi connectivity index (χ3n) is 6.62. The zero-order chi connectivity index (χ0) is 27.9. The van der Waals surface area contributed by atoms with Crippen molar-refractivity contribution in [1.82, 2.24) is 4.90 Å². The summed E-state index contributed by atoms with van der Waals surface area (Å²) >= 11 is 0. The number of benzene rings is 3. The maximum atomic E-state index is 13.5. The Bertz CT molecular complexity index is 1410. The quantitative estimate of drug-likeness (QED) is 0.352. The summed E-state index contributed by atoms with van der Waals surface area (Å²) in [5.74, 6) is 0.469. The highest BCUT2D eigenvalue weighted by Crippen LogP contribution is 2.43. The molecule has 0 saturated heterocycles. The Hall–Kier alpha value is -4.72. The van der Waals surface area contributed by atoms with Gasteiger partial charge in [-0.05, 0) is 47.9 Å². The Morgan fingerprint density at radius 3 is 2.26 bits per heavy atom. The standard InChI is InChI=1S/C31H31NO7/c1-36-22-12-13-23(26(19-22)38-3)29-28(24(33)14-10-20-8-6-5-7-9-20)30(34)31(35)32(29)17-16-21-11-15-25(37-2)27(18-21)39-4/h5-15,18-19,29,34H,16-17H2,1-4H3/b14-10+. The van der Waals surface area contributed by atoms with Crippen molar-refractivity contribution in [1.29, 1.82) is 0 Å². The summed E-state index contributed by atoms with van der Waals surface area (Å²) in [6, 6.07) is 19.1. The molecule has 202 valence electrons. The van der Waals surface area contributed by atoms with Crippen molar-refractivity contribution in [2.24, 2.45) is 0 Å². The second-order valence-corrected chi connectivity index (χ2v) is 8.82. The SMILES string of the molecule is COc1ccc(C2C(C(=O)/C=C/c3ccccc3)=C(O)C(=O)N2CCc2ccc(OC)c(OC)c2)c(OC)c1. The van der Waals surface area contributed by atoms with Gasteiger partial charge in [0, 0.05) is 18.2 Å². The highest BCUT2D eigenvalue weighted by atomic mass is 16.5. The maximum Gasteiger partial charge on any atom is 0.290 e. The van der Waals surface area contributed by atoms with Crippen molar-refractivity contribution >= 4 is 17.8 Å². The number of hydrogen-bond donors (Lipinski definition) is 1. The van der Waals surface area contributed by atoms with Crippen LogP contribution in [0.3, 0.4) is 0 Å². The first kappa shape index (κ1) is 27.3. The lowest BCUT2D eigenvalue weighted by atomic mass is 9.94. The van der Waals surface area contributed by atoms with Crippen LogP contribution in [0.4, 0.5) is 0 Å². The van der Waals surface area contributed by atoms with Crippen LogP contribution in [0.25, 0.3) is 6.08 Å². The number of hydrogen-bond acceptors (Lipinski definition) is 7. The highest BCUT2D eigenvalue weighted by molar-refractivity contribution is 6.14. The van der Waals surface area contributed by atoms with E-state index in [4.69, 9.17) is 18.9 Å². The first-order valence-electron chi connectivity index (χ1n) is 12.4. The monoisotopic (exact) mass is 529 g/mol. The minimum absolute atomic E-state index is 0.0111. The highest BCUT2D eigenvalue weighted by Gasteiger charge is 2.43. The molecule has 0 radical (unpaired) electrons. The molecule has 0 saturated carbocycles. The zero-order valence-electron chi connectivity index (χ0n) is 22.3. The molecule has 0 spiro atoms. The number of aliphatic hydroxyl groups is 1. The van der Waals surface area contributed by atoms with Crippen molar-refractivity contribution < 1.29 is 33.6 Å². The summed E-state index contributed by atoms with van der Waals surface area (Å²) < 4.78 is 21.7. The predicted molar refractivity (Wildman–Crippen MR) is 147 cm³/mol. The van der Waals surface area contributed by atoms with Crippen LogP contribution < -0.4 is 18.9 Å². The van der Waals surface area contributed by atoms with Gasteiger partial charge in [0.1, 0.15) is 11.5 Å². The first-order valence-corrected chi connectivity index (χ1v) is 12.4. The molecule has 0 fully saturated rings. The van der Waals surface area contributed by atoms with Gasteiger partial charge in [0.2, 0.25) is 0 Å². The topological polar surface area (TPSA) is 94.5 Å². The number of allylic oxidation sites excluding steroid dienone is 1. The van der Waals surface area contributed by atoms with Crippen molar-refractivity contribution in [3.63, 3.8) is 0 Å². The molecule has 4 rings (SSSR count). The summed E-state index contributed by atoms with van der Waals surface area (Å²) in [7, 11) is 6.16. The third-order valence-corrected chi connectivity index (χ3v) is 6.62. The van der Waals surface area contributed by atoms with Crippen LogP contribution in [0.1, 0.15) is 22.7 Å². The Balaban J connectivity index is 1.71. The third kappa shape index (κ3) is 5.75. The molecule has 0 aromatic heterocycles. The van der Waals surface area contributed by atoms with Gasteiger partial charge < -0.3 is 29.0 Å². The number of aliphatic hydroxyl groups excluding tert-OH is 1. The molecule has 1 N–H and O–H groups in total. The molecule has 1 aliphatic rings. The molecule has 3 aromatic rings. The molecule has 3 aromatic carbocycles. The van der Waals surface area contributed by atoms with Gasteiger partial charge in [-0.25, -0.2) is 0 Å². The zero-order valence-corrected chi connectivity index (χ0v) is 22.3. The van der Waals surface area contributed by atoms with E-state index >= 15 is 0 Å². The second kappa shape index (κ2) is 12.2. The lowest BCUT2D eigenvalue weighted by Crippen LogP contribution is -2.33. The van der Waals surface area contributed by atoms with Crippen LogP contribution in [0, 0.1) is 0 Å². The summed E-state index contributed by atoms with van der Waals surface area (Å²) in [6.07, 6.45) is 3.46. The second-order valence-electron chi connectivity index (χ2n) is 8.82. The number of carbonyl (C=O) groups excluding carboxylic acids is 2. The minimum Gasteiger partial charge on any atom is -0.503 e. The Kier molecular flexibility index (Phi) is 8.56. The molecular formula is C31H31NO7.